The summed E-state index contributed by atoms with van der Waals surface area (Å²) in [7, 11) is 0. The van der Waals surface area contributed by atoms with Gasteiger partial charge >= 0.3 is 5.97 Å². The van der Waals surface area contributed by atoms with Gasteiger partial charge in [0.05, 0.1) is 6.42 Å². The standard InChI is InChI=1S/C13H16N2O4/c1-2-11(16)15-10-5-3-9(4-6-10)7-12(17)14-8-13(18)19/h3-6H,2,7-8H2,1H3,(H,14,17)(H,15,16)(H,18,19). The molecule has 1 aromatic carbocycles. The van der Waals surface area contributed by atoms with Crippen molar-refractivity contribution in [3.63, 3.8) is 0 Å². The van der Waals surface area contributed by atoms with Crippen LogP contribution in [0.15, 0.2) is 24.3 Å². The molecule has 0 saturated heterocycles. The Bertz CT molecular complexity index is 468. The average molecular weight is 264 g/mol. The van der Waals surface area contributed by atoms with Gasteiger partial charge in [-0.3, -0.25) is 14.4 Å². The SMILES string of the molecule is CCC(=O)Nc1ccc(CC(=O)NCC(=O)O)cc1. The number of benzene rings is 1. The maximum Gasteiger partial charge on any atom is 0.322 e. The Morgan fingerprint density at radius 3 is 2.26 bits per heavy atom. The van der Waals surface area contributed by atoms with Crippen molar-refractivity contribution in [1.29, 1.82) is 0 Å². The maximum atomic E-state index is 11.4. The second-order valence-electron chi connectivity index (χ2n) is 3.95. The minimum absolute atomic E-state index is 0.0769. The molecule has 0 aromatic heterocycles. The van der Waals surface area contributed by atoms with Gasteiger partial charge < -0.3 is 15.7 Å². The predicted molar refractivity (Wildman–Crippen MR) is 69.7 cm³/mol. The third kappa shape index (κ3) is 5.67. The number of amides is 2. The molecule has 0 spiro atoms. The van der Waals surface area contributed by atoms with Crippen molar-refractivity contribution in [2.75, 3.05) is 11.9 Å². The highest BCUT2D eigenvalue weighted by Gasteiger charge is 2.05. The topological polar surface area (TPSA) is 95.5 Å². The van der Waals surface area contributed by atoms with Crippen LogP contribution in [0.5, 0.6) is 0 Å². The molecule has 0 bridgehead atoms. The number of anilines is 1. The van der Waals surface area contributed by atoms with E-state index in [4.69, 9.17) is 5.11 Å². The van der Waals surface area contributed by atoms with Gasteiger partial charge in [-0.25, -0.2) is 0 Å². The van der Waals surface area contributed by atoms with Crippen LogP contribution in [0, 0.1) is 0 Å². The van der Waals surface area contributed by atoms with E-state index in [0.29, 0.717) is 12.1 Å². The minimum atomic E-state index is -1.08. The summed E-state index contributed by atoms with van der Waals surface area (Å²) < 4.78 is 0. The first kappa shape index (κ1) is 14.7. The van der Waals surface area contributed by atoms with Crippen LogP contribution in [-0.2, 0) is 20.8 Å². The smallest absolute Gasteiger partial charge is 0.322 e. The third-order valence-electron chi connectivity index (χ3n) is 2.36. The lowest BCUT2D eigenvalue weighted by molar-refractivity contribution is -0.137. The number of rotatable bonds is 6. The summed E-state index contributed by atoms with van der Waals surface area (Å²) >= 11 is 0. The third-order valence-corrected chi connectivity index (χ3v) is 2.36. The van der Waals surface area contributed by atoms with Gasteiger partial charge in [0, 0.05) is 12.1 Å². The number of carbonyl (C=O) groups excluding carboxylic acids is 2. The molecule has 2 amide bonds. The number of carboxylic acids is 1. The van der Waals surface area contributed by atoms with Crippen molar-refractivity contribution in [3.8, 4) is 0 Å². The fraction of sp³-hybridized carbons (Fsp3) is 0.308. The Morgan fingerprint density at radius 1 is 1.11 bits per heavy atom. The van der Waals surface area contributed by atoms with Crippen LogP contribution in [-0.4, -0.2) is 29.4 Å². The van der Waals surface area contributed by atoms with Gasteiger partial charge in [-0.15, -0.1) is 0 Å². The van der Waals surface area contributed by atoms with Crippen LogP contribution in [0.3, 0.4) is 0 Å². The van der Waals surface area contributed by atoms with Gasteiger partial charge in [-0.1, -0.05) is 19.1 Å². The first-order valence-corrected chi connectivity index (χ1v) is 5.88. The molecule has 19 heavy (non-hydrogen) atoms. The van der Waals surface area contributed by atoms with Crippen molar-refractivity contribution in [2.24, 2.45) is 0 Å². The van der Waals surface area contributed by atoms with Crippen LogP contribution in [0.1, 0.15) is 18.9 Å². The maximum absolute atomic E-state index is 11.4. The van der Waals surface area contributed by atoms with Crippen LogP contribution in [0.2, 0.25) is 0 Å². The zero-order valence-electron chi connectivity index (χ0n) is 10.6. The fourth-order valence-electron chi connectivity index (χ4n) is 1.38. The lowest BCUT2D eigenvalue weighted by Crippen LogP contribution is -2.30. The molecule has 6 heteroatoms. The van der Waals surface area contributed by atoms with Crippen LogP contribution < -0.4 is 10.6 Å². The molecular formula is C13H16N2O4. The lowest BCUT2D eigenvalue weighted by Gasteiger charge is -2.05. The molecule has 0 heterocycles. The molecule has 6 nitrogen and oxygen atoms in total. The zero-order chi connectivity index (χ0) is 14.3. The van der Waals surface area contributed by atoms with Gasteiger partial charge in [0.15, 0.2) is 0 Å². The van der Waals surface area contributed by atoms with Crippen LogP contribution in [0.25, 0.3) is 0 Å². The summed E-state index contributed by atoms with van der Waals surface area (Å²) in [5.41, 5.74) is 1.42. The van der Waals surface area contributed by atoms with Gasteiger partial charge in [0.1, 0.15) is 6.54 Å². The van der Waals surface area contributed by atoms with Crippen LogP contribution >= 0.6 is 0 Å². The molecule has 0 radical (unpaired) electrons. The van der Waals surface area contributed by atoms with Crippen molar-refractivity contribution < 1.29 is 19.5 Å². The highest BCUT2D eigenvalue weighted by molar-refractivity contribution is 5.90. The molecule has 0 atom stereocenters. The number of hydrogen-bond acceptors (Lipinski definition) is 3. The first-order valence-electron chi connectivity index (χ1n) is 5.88. The van der Waals surface area contributed by atoms with Crippen molar-refractivity contribution in [1.82, 2.24) is 5.32 Å². The fourth-order valence-corrected chi connectivity index (χ4v) is 1.38. The van der Waals surface area contributed by atoms with Gasteiger partial charge in [0.2, 0.25) is 11.8 Å². The Kier molecular flexibility index (Phi) is 5.53. The number of hydrogen-bond donors (Lipinski definition) is 3. The Balaban J connectivity index is 2.50. The number of carbonyl (C=O) groups is 3. The summed E-state index contributed by atoms with van der Waals surface area (Å²) in [6.07, 6.45) is 0.509. The van der Waals surface area contributed by atoms with E-state index in [1.807, 2.05) is 0 Å². The quantitative estimate of drug-likeness (QED) is 0.707. The van der Waals surface area contributed by atoms with Gasteiger partial charge in [-0.05, 0) is 17.7 Å². The molecule has 0 aliphatic rings. The predicted octanol–water partition coefficient (Wildman–Crippen LogP) is 0.778. The van der Waals surface area contributed by atoms with Gasteiger partial charge in [0.25, 0.3) is 0 Å². The van der Waals surface area contributed by atoms with Crippen molar-refractivity contribution in [3.05, 3.63) is 29.8 Å². The molecule has 1 rings (SSSR count). The van der Waals surface area contributed by atoms with E-state index in [-0.39, 0.29) is 24.8 Å². The molecule has 0 aliphatic heterocycles. The van der Waals surface area contributed by atoms with Crippen molar-refractivity contribution >= 4 is 23.5 Å². The Labute approximate surface area is 110 Å². The average Bonchev–Trinajstić information content (AvgIpc) is 2.38. The van der Waals surface area contributed by atoms with E-state index in [1.165, 1.54) is 0 Å². The molecule has 0 saturated carbocycles. The molecule has 0 fully saturated rings. The number of nitrogens with one attached hydrogen (secondary N) is 2. The number of aliphatic carboxylic acids is 1. The summed E-state index contributed by atoms with van der Waals surface area (Å²) in [5.74, 6) is -1.51. The largest absolute Gasteiger partial charge is 0.480 e. The van der Waals surface area contributed by atoms with Crippen LogP contribution in [0.4, 0.5) is 5.69 Å². The van der Waals surface area contributed by atoms with Gasteiger partial charge in [-0.2, -0.15) is 0 Å². The normalized spacial score (nSPS) is 9.74. The first-order chi connectivity index (χ1) is 9.01. The van der Waals surface area contributed by atoms with E-state index in [9.17, 15) is 14.4 Å². The molecule has 1 aromatic rings. The second kappa shape index (κ2) is 7.15. The van der Waals surface area contributed by atoms with Crippen molar-refractivity contribution in [2.45, 2.75) is 19.8 Å². The van der Waals surface area contributed by atoms with E-state index >= 15 is 0 Å². The molecule has 0 unspecified atom stereocenters. The molecular weight excluding hydrogens is 248 g/mol. The summed E-state index contributed by atoms with van der Waals surface area (Å²) in [4.78, 5) is 32.8. The monoisotopic (exact) mass is 264 g/mol. The molecule has 102 valence electrons. The highest BCUT2D eigenvalue weighted by atomic mass is 16.4. The zero-order valence-corrected chi connectivity index (χ0v) is 10.6. The summed E-state index contributed by atoms with van der Waals surface area (Å²) in [6, 6.07) is 6.83. The Hall–Kier alpha value is -2.37. The lowest BCUT2D eigenvalue weighted by atomic mass is 10.1. The molecule has 0 aliphatic carbocycles. The summed E-state index contributed by atoms with van der Waals surface area (Å²) in [6.45, 7) is 1.37. The van der Waals surface area contributed by atoms with E-state index in [0.717, 1.165) is 5.56 Å². The van der Waals surface area contributed by atoms with E-state index in [2.05, 4.69) is 10.6 Å². The number of carboxylic acid groups (broad SMARTS) is 1. The van der Waals surface area contributed by atoms with E-state index in [1.54, 1.807) is 31.2 Å². The highest BCUT2D eigenvalue weighted by Crippen LogP contribution is 2.10. The second-order valence-corrected chi connectivity index (χ2v) is 3.95. The van der Waals surface area contributed by atoms with E-state index < -0.39 is 5.97 Å². The molecule has 3 N–H and O–H groups in total. The summed E-state index contributed by atoms with van der Waals surface area (Å²) in [5, 5.41) is 13.4. The minimum Gasteiger partial charge on any atom is -0.480 e. The Morgan fingerprint density at radius 2 is 1.74 bits per heavy atom.